The van der Waals surface area contributed by atoms with Crippen LogP contribution in [0, 0.1) is 12.8 Å². The van der Waals surface area contributed by atoms with Gasteiger partial charge in [0.25, 0.3) is 0 Å². The lowest BCUT2D eigenvalue weighted by atomic mass is 10.1. The summed E-state index contributed by atoms with van der Waals surface area (Å²) in [6.07, 6.45) is 2.85. The Morgan fingerprint density at radius 2 is 2.10 bits per heavy atom. The number of sulfonamides is 1. The molecular weight excluding hydrogens is 319 g/mol. The van der Waals surface area contributed by atoms with Crippen molar-refractivity contribution in [1.82, 2.24) is 4.72 Å². The van der Waals surface area contributed by atoms with E-state index in [1.54, 1.807) is 25.1 Å². The molecule has 20 heavy (non-hydrogen) atoms. The number of nitrogens with one attached hydrogen (secondary N) is 1. The van der Waals surface area contributed by atoms with Crippen LogP contribution in [0.1, 0.15) is 24.8 Å². The van der Waals surface area contributed by atoms with Gasteiger partial charge >= 0.3 is 0 Å². The molecule has 0 radical (unpaired) electrons. The standard InChI is InChI=1S/C13H19ClN2O2S.ClH/c1-9-11(14)5-3-7-13(9)19(17,18)16-12-6-2-4-10(12)8-15;/h3,5,7,10,12,16H,2,4,6,8,15H2,1H3;1H. The van der Waals surface area contributed by atoms with Crippen molar-refractivity contribution in [1.29, 1.82) is 0 Å². The highest BCUT2D eigenvalue weighted by Crippen LogP contribution is 2.28. The zero-order valence-corrected chi connectivity index (χ0v) is 13.7. The van der Waals surface area contributed by atoms with Crippen molar-refractivity contribution in [2.45, 2.75) is 37.1 Å². The minimum absolute atomic E-state index is 0. The molecule has 2 unspecified atom stereocenters. The van der Waals surface area contributed by atoms with Crippen molar-refractivity contribution in [3.8, 4) is 0 Å². The van der Waals surface area contributed by atoms with Crippen LogP contribution in [-0.2, 0) is 10.0 Å². The van der Waals surface area contributed by atoms with Gasteiger partial charge in [-0.15, -0.1) is 12.4 Å². The molecule has 0 amide bonds. The molecular formula is C13H20Cl2N2O2S. The molecule has 114 valence electrons. The van der Waals surface area contributed by atoms with Crippen molar-refractivity contribution in [3.63, 3.8) is 0 Å². The molecule has 0 heterocycles. The fraction of sp³-hybridized carbons (Fsp3) is 0.538. The average molecular weight is 339 g/mol. The van der Waals surface area contributed by atoms with Gasteiger partial charge in [-0.25, -0.2) is 13.1 Å². The number of halogens is 2. The molecule has 2 rings (SSSR count). The molecule has 1 aromatic carbocycles. The quantitative estimate of drug-likeness (QED) is 0.885. The third kappa shape index (κ3) is 3.65. The first-order valence-corrected chi connectivity index (χ1v) is 8.29. The smallest absolute Gasteiger partial charge is 0.241 e. The number of benzene rings is 1. The summed E-state index contributed by atoms with van der Waals surface area (Å²) < 4.78 is 27.6. The molecule has 1 aliphatic rings. The van der Waals surface area contributed by atoms with Gasteiger partial charge < -0.3 is 5.73 Å². The molecule has 7 heteroatoms. The number of rotatable bonds is 4. The Morgan fingerprint density at radius 1 is 1.40 bits per heavy atom. The Labute approximate surface area is 131 Å². The highest BCUT2D eigenvalue weighted by atomic mass is 35.5. The molecule has 0 aromatic heterocycles. The summed E-state index contributed by atoms with van der Waals surface area (Å²) in [6.45, 7) is 2.23. The predicted molar refractivity (Wildman–Crippen MR) is 83.9 cm³/mol. The lowest BCUT2D eigenvalue weighted by Crippen LogP contribution is -2.40. The van der Waals surface area contributed by atoms with E-state index < -0.39 is 10.0 Å². The second-order valence-electron chi connectivity index (χ2n) is 5.02. The van der Waals surface area contributed by atoms with Gasteiger partial charge in [0.15, 0.2) is 0 Å². The van der Waals surface area contributed by atoms with Crippen LogP contribution in [0.25, 0.3) is 0 Å². The fourth-order valence-corrected chi connectivity index (χ4v) is 4.45. The van der Waals surface area contributed by atoms with Crippen molar-refractivity contribution in [3.05, 3.63) is 28.8 Å². The molecule has 1 saturated carbocycles. The molecule has 0 spiro atoms. The summed E-state index contributed by atoms with van der Waals surface area (Å²) in [5, 5.41) is 0.463. The topological polar surface area (TPSA) is 72.2 Å². The lowest BCUT2D eigenvalue weighted by Gasteiger charge is -2.20. The number of hydrogen-bond donors (Lipinski definition) is 2. The zero-order valence-electron chi connectivity index (χ0n) is 11.3. The maximum absolute atomic E-state index is 12.4. The van der Waals surface area contributed by atoms with Crippen molar-refractivity contribution in [2.24, 2.45) is 11.7 Å². The number of nitrogens with two attached hydrogens (primary N) is 1. The highest BCUT2D eigenvalue weighted by molar-refractivity contribution is 7.89. The Hall–Kier alpha value is -0.330. The largest absolute Gasteiger partial charge is 0.330 e. The summed E-state index contributed by atoms with van der Waals surface area (Å²) in [5.41, 5.74) is 6.26. The summed E-state index contributed by atoms with van der Waals surface area (Å²) in [6, 6.07) is 4.86. The summed E-state index contributed by atoms with van der Waals surface area (Å²) in [5.74, 6) is 0.231. The maximum atomic E-state index is 12.4. The Bertz CT molecular complexity index is 563. The van der Waals surface area contributed by atoms with Crippen LogP contribution in [0.15, 0.2) is 23.1 Å². The van der Waals surface area contributed by atoms with Gasteiger partial charge in [-0.2, -0.15) is 0 Å². The minimum atomic E-state index is -3.53. The van der Waals surface area contributed by atoms with E-state index in [0.29, 0.717) is 17.1 Å². The normalized spacial score (nSPS) is 22.6. The molecule has 2 atom stereocenters. The zero-order chi connectivity index (χ0) is 14.0. The van der Waals surface area contributed by atoms with Gasteiger partial charge in [-0.3, -0.25) is 0 Å². The third-order valence-corrected chi connectivity index (χ3v) is 5.82. The van der Waals surface area contributed by atoms with E-state index in [2.05, 4.69) is 4.72 Å². The van der Waals surface area contributed by atoms with Crippen LogP contribution >= 0.6 is 24.0 Å². The van der Waals surface area contributed by atoms with Gasteiger partial charge in [0.1, 0.15) is 0 Å². The highest BCUT2D eigenvalue weighted by Gasteiger charge is 2.31. The molecule has 1 aliphatic carbocycles. The maximum Gasteiger partial charge on any atom is 0.241 e. The van der Waals surface area contributed by atoms with E-state index in [9.17, 15) is 8.42 Å². The average Bonchev–Trinajstić information content (AvgIpc) is 2.78. The van der Waals surface area contributed by atoms with Crippen LogP contribution in [-0.4, -0.2) is 21.0 Å². The first-order valence-electron chi connectivity index (χ1n) is 6.43. The van der Waals surface area contributed by atoms with Crippen LogP contribution in [0.5, 0.6) is 0 Å². The van der Waals surface area contributed by atoms with E-state index in [-0.39, 0.29) is 29.3 Å². The van der Waals surface area contributed by atoms with E-state index in [4.69, 9.17) is 17.3 Å². The molecule has 1 aromatic rings. The fourth-order valence-electron chi connectivity index (χ4n) is 2.62. The van der Waals surface area contributed by atoms with E-state index in [1.807, 2.05) is 0 Å². The minimum Gasteiger partial charge on any atom is -0.330 e. The van der Waals surface area contributed by atoms with Crippen LogP contribution in [0.3, 0.4) is 0 Å². The molecule has 0 bridgehead atoms. The Balaban J connectivity index is 0.00000200. The number of hydrogen-bond acceptors (Lipinski definition) is 3. The molecule has 4 nitrogen and oxygen atoms in total. The second kappa shape index (κ2) is 7.09. The first-order chi connectivity index (χ1) is 8.95. The molecule has 3 N–H and O–H groups in total. The van der Waals surface area contributed by atoms with Gasteiger partial charge in [0.2, 0.25) is 10.0 Å². The SMILES string of the molecule is Cc1c(Cl)cccc1S(=O)(=O)NC1CCCC1CN.Cl. The predicted octanol–water partition coefficient (Wildman–Crippen LogP) is 2.48. The van der Waals surface area contributed by atoms with Gasteiger partial charge in [-0.05, 0) is 49.9 Å². The van der Waals surface area contributed by atoms with Crippen LogP contribution in [0.4, 0.5) is 0 Å². The summed E-state index contributed by atoms with van der Waals surface area (Å²) >= 11 is 5.98. The van der Waals surface area contributed by atoms with E-state index >= 15 is 0 Å². The van der Waals surface area contributed by atoms with E-state index in [0.717, 1.165) is 19.3 Å². The lowest BCUT2D eigenvalue weighted by molar-refractivity contribution is 0.452. The summed E-state index contributed by atoms with van der Waals surface area (Å²) in [7, 11) is -3.53. The second-order valence-corrected chi connectivity index (χ2v) is 7.11. The van der Waals surface area contributed by atoms with Crippen LogP contribution < -0.4 is 10.5 Å². The molecule has 1 fully saturated rings. The summed E-state index contributed by atoms with van der Waals surface area (Å²) in [4.78, 5) is 0.252. The monoisotopic (exact) mass is 338 g/mol. The van der Waals surface area contributed by atoms with Gasteiger partial charge in [0.05, 0.1) is 4.90 Å². The van der Waals surface area contributed by atoms with Gasteiger partial charge in [0, 0.05) is 11.1 Å². The first kappa shape index (κ1) is 17.7. The Kier molecular flexibility index (Phi) is 6.28. The third-order valence-electron chi connectivity index (χ3n) is 3.78. The molecule has 0 aliphatic heterocycles. The van der Waals surface area contributed by atoms with Crippen molar-refractivity contribution < 1.29 is 8.42 Å². The molecule has 0 saturated heterocycles. The van der Waals surface area contributed by atoms with E-state index in [1.165, 1.54) is 0 Å². The Morgan fingerprint density at radius 3 is 2.75 bits per heavy atom. The van der Waals surface area contributed by atoms with Gasteiger partial charge in [-0.1, -0.05) is 24.1 Å². The van der Waals surface area contributed by atoms with Crippen molar-refractivity contribution >= 4 is 34.0 Å². The van der Waals surface area contributed by atoms with Crippen molar-refractivity contribution in [2.75, 3.05) is 6.54 Å². The van der Waals surface area contributed by atoms with Crippen LogP contribution in [0.2, 0.25) is 5.02 Å².